The number of rotatable bonds is 4. The molecule has 0 N–H and O–H groups in total. The Hall–Kier alpha value is -1.76. The summed E-state index contributed by atoms with van der Waals surface area (Å²) in [6.07, 6.45) is 0.576. The Kier molecular flexibility index (Phi) is 4.49. The van der Waals surface area contributed by atoms with Crippen LogP contribution in [0.3, 0.4) is 0 Å². The molecule has 0 unspecified atom stereocenters. The van der Waals surface area contributed by atoms with Gasteiger partial charge in [-0.05, 0) is 12.1 Å². The molecular formula is C13H16O6S. The number of esters is 1. The quantitative estimate of drug-likeness (QED) is 0.777. The highest BCUT2D eigenvalue weighted by Gasteiger charge is 2.20. The van der Waals surface area contributed by atoms with E-state index >= 15 is 0 Å². The predicted molar refractivity (Wildman–Crippen MR) is 70.7 cm³/mol. The van der Waals surface area contributed by atoms with Gasteiger partial charge in [0.15, 0.2) is 21.3 Å². The van der Waals surface area contributed by atoms with E-state index in [0.29, 0.717) is 24.7 Å². The Balaban J connectivity index is 2.19. The number of sulfone groups is 1. The molecule has 0 atom stereocenters. The molecule has 1 aliphatic heterocycles. The van der Waals surface area contributed by atoms with Gasteiger partial charge in [0.05, 0.1) is 37.4 Å². The highest BCUT2D eigenvalue weighted by molar-refractivity contribution is 7.91. The number of hydrogen-bond donors (Lipinski definition) is 0. The number of hydrogen-bond acceptors (Lipinski definition) is 6. The van der Waals surface area contributed by atoms with E-state index in [4.69, 9.17) is 9.47 Å². The topological polar surface area (TPSA) is 78.9 Å². The van der Waals surface area contributed by atoms with Crippen LogP contribution >= 0.6 is 0 Å². The fourth-order valence-electron chi connectivity index (χ4n) is 1.77. The Morgan fingerprint density at radius 3 is 2.65 bits per heavy atom. The van der Waals surface area contributed by atoms with E-state index in [0.717, 1.165) is 6.42 Å². The van der Waals surface area contributed by atoms with Crippen LogP contribution in [0.1, 0.15) is 12.8 Å². The summed E-state index contributed by atoms with van der Waals surface area (Å²) in [6.45, 7) is 1.03. The molecule has 7 heteroatoms. The molecule has 2 rings (SSSR count). The van der Waals surface area contributed by atoms with Gasteiger partial charge in [-0.25, -0.2) is 8.42 Å². The minimum atomic E-state index is -3.55. The lowest BCUT2D eigenvalue weighted by Gasteiger charge is -2.09. The van der Waals surface area contributed by atoms with Crippen LogP contribution in [0, 0.1) is 0 Å². The molecule has 110 valence electrons. The molecule has 0 bridgehead atoms. The van der Waals surface area contributed by atoms with Crippen molar-refractivity contribution < 1.29 is 27.4 Å². The van der Waals surface area contributed by atoms with Gasteiger partial charge in [0.25, 0.3) is 0 Å². The molecule has 20 heavy (non-hydrogen) atoms. The number of benzene rings is 1. The van der Waals surface area contributed by atoms with Gasteiger partial charge in [0.1, 0.15) is 0 Å². The molecule has 6 nitrogen and oxygen atoms in total. The zero-order valence-corrected chi connectivity index (χ0v) is 11.9. The third kappa shape index (κ3) is 3.41. The molecule has 0 fully saturated rings. The maximum atomic E-state index is 12.1. The van der Waals surface area contributed by atoms with E-state index in [1.165, 1.54) is 19.2 Å². The van der Waals surface area contributed by atoms with E-state index in [2.05, 4.69) is 4.74 Å². The zero-order valence-electron chi connectivity index (χ0n) is 11.1. The first-order valence-electron chi connectivity index (χ1n) is 6.22. The first-order valence-corrected chi connectivity index (χ1v) is 7.87. The van der Waals surface area contributed by atoms with Crippen molar-refractivity contribution >= 4 is 15.8 Å². The largest absolute Gasteiger partial charge is 0.490 e. The van der Waals surface area contributed by atoms with E-state index in [1.807, 2.05) is 0 Å². The second kappa shape index (κ2) is 6.13. The number of ether oxygens (including phenoxy) is 3. The summed E-state index contributed by atoms with van der Waals surface area (Å²) in [5.74, 6) is 0.109. The van der Waals surface area contributed by atoms with Crippen molar-refractivity contribution in [2.24, 2.45) is 0 Å². The van der Waals surface area contributed by atoms with Crippen molar-refractivity contribution in [1.82, 2.24) is 0 Å². The molecule has 1 aromatic rings. The second-order valence-electron chi connectivity index (χ2n) is 4.30. The standard InChI is InChI=1S/C13H16O6S/c1-17-13(14)5-8-20(15,16)10-3-4-11-12(9-10)19-7-2-6-18-11/h3-4,9H,2,5-8H2,1H3. The van der Waals surface area contributed by atoms with Crippen LogP contribution in [-0.2, 0) is 19.4 Å². The molecule has 0 aliphatic carbocycles. The van der Waals surface area contributed by atoms with Gasteiger partial charge in [0, 0.05) is 12.5 Å². The third-order valence-corrected chi connectivity index (χ3v) is 4.59. The third-order valence-electron chi connectivity index (χ3n) is 2.88. The average Bonchev–Trinajstić information content (AvgIpc) is 2.69. The monoisotopic (exact) mass is 300 g/mol. The number of methoxy groups -OCH3 is 1. The predicted octanol–water partition coefficient (Wildman–Crippen LogP) is 1.18. The van der Waals surface area contributed by atoms with Gasteiger partial charge in [-0.2, -0.15) is 0 Å². The van der Waals surface area contributed by atoms with Crippen LogP contribution in [-0.4, -0.2) is 40.5 Å². The van der Waals surface area contributed by atoms with E-state index in [1.54, 1.807) is 6.07 Å². The summed E-state index contributed by atoms with van der Waals surface area (Å²) in [5.41, 5.74) is 0. The second-order valence-corrected chi connectivity index (χ2v) is 6.41. The molecule has 1 aromatic carbocycles. The fourth-order valence-corrected chi connectivity index (χ4v) is 3.01. The Bertz CT molecular complexity index is 593. The van der Waals surface area contributed by atoms with Crippen LogP contribution in [0.25, 0.3) is 0 Å². The number of fused-ring (bicyclic) bond motifs is 1. The van der Waals surface area contributed by atoms with Gasteiger partial charge in [0.2, 0.25) is 0 Å². The molecule has 0 amide bonds. The van der Waals surface area contributed by atoms with Crippen LogP contribution in [0.2, 0.25) is 0 Å². The van der Waals surface area contributed by atoms with Crippen LogP contribution < -0.4 is 9.47 Å². The number of carbonyl (C=O) groups excluding carboxylic acids is 1. The van der Waals surface area contributed by atoms with Crippen LogP contribution in [0.4, 0.5) is 0 Å². The Morgan fingerprint density at radius 2 is 1.95 bits per heavy atom. The SMILES string of the molecule is COC(=O)CCS(=O)(=O)c1ccc2c(c1)OCCCO2. The lowest BCUT2D eigenvalue weighted by atomic mass is 10.3. The normalized spacial score (nSPS) is 14.4. The smallest absolute Gasteiger partial charge is 0.306 e. The van der Waals surface area contributed by atoms with Gasteiger partial charge in [-0.1, -0.05) is 0 Å². The first kappa shape index (κ1) is 14.6. The summed E-state index contributed by atoms with van der Waals surface area (Å²) in [4.78, 5) is 11.2. The van der Waals surface area contributed by atoms with Gasteiger partial charge in [-0.15, -0.1) is 0 Å². The fraction of sp³-hybridized carbons (Fsp3) is 0.462. The molecule has 1 heterocycles. The highest BCUT2D eigenvalue weighted by atomic mass is 32.2. The first-order chi connectivity index (χ1) is 9.53. The average molecular weight is 300 g/mol. The molecule has 0 spiro atoms. The van der Waals surface area contributed by atoms with Gasteiger partial charge >= 0.3 is 5.97 Å². The van der Waals surface area contributed by atoms with E-state index in [-0.39, 0.29) is 17.1 Å². The molecule has 0 aromatic heterocycles. The minimum absolute atomic E-state index is 0.116. The Morgan fingerprint density at radius 1 is 1.25 bits per heavy atom. The Labute approximate surface area is 117 Å². The summed E-state index contributed by atoms with van der Waals surface area (Å²) in [5, 5.41) is 0. The maximum absolute atomic E-state index is 12.1. The molecular weight excluding hydrogens is 284 g/mol. The van der Waals surface area contributed by atoms with Crippen LogP contribution in [0.5, 0.6) is 11.5 Å². The summed E-state index contributed by atoms with van der Waals surface area (Å²) in [7, 11) is -2.32. The van der Waals surface area contributed by atoms with Gasteiger partial charge < -0.3 is 14.2 Å². The van der Waals surface area contributed by atoms with Crippen molar-refractivity contribution in [2.45, 2.75) is 17.7 Å². The van der Waals surface area contributed by atoms with E-state index < -0.39 is 15.8 Å². The lowest BCUT2D eigenvalue weighted by Crippen LogP contribution is -2.12. The van der Waals surface area contributed by atoms with Gasteiger partial charge in [-0.3, -0.25) is 4.79 Å². The zero-order chi connectivity index (χ0) is 14.6. The highest BCUT2D eigenvalue weighted by Crippen LogP contribution is 2.32. The van der Waals surface area contributed by atoms with Crippen molar-refractivity contribution in [2.75, 3.05) is 26.1 Å². The lowest BCUT2D eigenvalue weighted by molar-refractivity contribution is -0.140. The minimum Gasteiger partial charge on any atom is -0.490 e. The molecule has 0 saturated heterocycles. The summed E-state index contributed by atoms with van der Waals surface area (Å²) in [6, 6.07) is 4.47. The molecule has 0 radical (unpaired) electrons. The van der Waals surface area contributed by atoms with Crippen molar-refractivity contribution in [1.29, 1.82) is 0 Å². The van der Waals surface area contributed by atoms with Crippen molar-refractivity contribution in [3.8, 4) is 11.5 Å². The maximum Gasteiger partial charge on any atom is 0.306 e. The summed E-state index contributed by atoms with van der Waals surface area (Å²) < 4.78 is 39.6. The summed E-state index contributed by atoms with van der Waals surface area (Å²) >= 11 is 0. The molecule has 0 saturated carbocycles. The molecule has 1 aliphatic rings. The van der Waals surface area contributed by atoms with E-state index in [9.17, 15) is 13.2 Å². The van der Waals surface area contributed by atoms with Crippen molar-refractivity contribution in [3.63, 3.8) is 0 Å². The van der Waals surface area contributed by atoms with Crippen LogP contribution in [0.15, 0.2) is 23.1 Å². The number of carbonyl (C=O) groups is 1. The van der Waals surface area contributed by atoms with Crippen molar-refractivity contribution in [3.05, 3.63) is 18.2 Å².